The Morgan fingerprint density at radius 1 is 1.26 bits per heavy atom. The van der Waals surface area contributed by atoms with Crippen LogP contribution in [0.15, 0.2) is 29.4 Å². The Balaban J connectivity index is 1.64. The molecule has 122 valence electrons. The van der Waals surface area contributed by atoms with Gasteiger partial charge in [0.15, 0.2) is 5.82 Å². The van der Waals surface area contributed by atoms with E-state index in [9.17, 15) is 4.79 Å². The lowest BCUT2D eigenvalue weighted by atomic mass is 10.1. The molecule has 0 spiro atoms. The smallest absolute Gasteiger partial charge is 0.235 e. The summed E-state index contributed by atoms with van der Waals surface area (Å²) < 4.78 is 0. The number of halogens is 1. The summed E-state index contributed by atoms with van der Waals surface area (Å²) in [7, 11) is 0. The van der Waals surface area contributed by atoms with E-state index in [2.05, 4.69) is 15.2 Å². The molecule has 1 aliphatic heterocycles. The van der Waals surface area contributed by atoms with Gasteiger partial charge in [-0.05, 0) is 50.5 Å². The number of carbonyl (C=O) groups excluding carboxylic acids is 1. The average Bonchev–Trinajstić information content (AvgIpc) is 3.04. The topological polar surface area (TPSA) is 61.9 Å². The van der Waals surface area contributed by atoms with Crippen LogP contribution >= 0.6 is 23.4 Å². The van der Waals surface area contributed by atoms with Crippen molar-refractivity contribution in [1.29, 1.82) is 0 Å². The summed E-state index contributed by atoms with van der Waals surface area (Å²) in [5.74, 6) is 0.856. The molecule has 0 saturated carbocycles. The van der Waals surface area contributed by atoms with Crippen molar-refractivity contribution in [2.24, 2.45) is 0 Å². The van der Waals surface area contributed by atoms with E-state index in [0.29, 0.717) is 16.0 Å². The molecule has 1 saturated heterocycles. The predicted octanol–water partition coefficient (Wildman–Crippen LogP) is 3.62. The first-order valence-corrected chi connectivity index (χ1v) is 9.03. The summed E-state index contributed by atoms with van der Waals surface area (Å²) in [5.41, 5.74) is 0.920. The van der Waals surface area contributed by atoms with Crippen molar-refractivity contribution in [3.05, 3.63) is 29.3 Å². The van der Waals surface area contributed by atoms with Crippen LogP contribution in [0.25, 0.3) is 11.4 Å². The van der Waals surface area contributed by atoms with Gasteiger partial charge in [0.05, 0.1) is 5.25 Å². The fourth-order valence-corrected chi connectivity index (χ4v) is 3.55. The first kappa shape index (κ1) is 16.3. The minimum atomic E-state index is -0.179. The number of carbonyl (C=O) groups is 1. The Labute approximate surface area is 144 Å². The zero-order chi connectivity index (χ0) is 16.2. The molecule has 3 rings (SSSR count). The van der Waals surface area contributed by atoms with Crippen molar-refractivity contribution in [3.63, 3.8) is 0 Å². The van der Waals surface area contributed by atoms with Crippen LogP contribution in [0.2, 0.25) is 5.02 Å². The number of aromatic amines is 1. The highest BCUT2D eigenvalue weighted by atomic mass is 35.5. The van der Waals surface area contributed by atoms with Gasteiger partial charge >= 0.3 is 0 Å². The molecule has 1 amide bonds. The zero-order valence-corrected chi connectivity index (χ0v) is 14.5. The van der Waals surface area contributed by atoms with E-state index >= 15 is 0 Å². The van der Waals surface area contributed by atoms with E-state index in [1.807, 2.05) is 36.1 Å². The summed E-state index contributed by atoms with van der Waals surface area (Å²) in [6.45, 7) is 3.65. The number of hydrogen-bond acceptors (Lipinski definition) is 4. The van der Waals surface area contributed by atoms with Crippen molar-refractivity contribution in [3.8, 4) is 11.4 Å². The fraction of sp³-hybridized carbons (Fsp3) is 0.438. The van der Waals surface area contributed by atoms with Crippen LogP contribution in [-0.2, 0) is 4.79 Å². The summed E-state index contributed by atoms with van der Waals surface area (Å²) in [6, 6.07) is 7.41. The first-order valence-electron chi connectivity index (χ1n) is 7.77. The highest BCUT2D eigenvalue weighted by Crippen LogP contribution is 2.25. The molecule has 0 unspecified atom stereocenters. The normalized spacial score (nSPS) is 16.3. The van der Waals surface area contributed by atoms with Crippen molar-refractivity contribution >= 4 is 29.3 Å². The Morgan fingerprint density at radius 3 is 2.65 bits per heavy atom. The second-order valence-electron chi connectivity index (χ2n) is 5.62. The van der Waals surface area contributed by atoms with Gasteiger partial charge in [-0.15, -0.1) is 5.10 Å². The number of aromatic nitrogens is 3. The van der Waals surface area contributed by atoms with Gasteiger partial charge in [0.2, 0.25) is 11.1 Å². The summed E-state index contributed by atoms with van der Waals surface area (Å²) in [6.07, 6.45) is 3.42. The molecule has 1 aromatic heterocycles. The molecule has 0 radical (unpaired) electrons. The average molecular weight is 351 g/mol. The Morgan fingerprint density at radius 2 is 1.96 bits per heavy atom. The lowest BCUT2D eigenvalue weighted by Gasteiger charge is -2.28. The molecule has 2 heterocycles. The van der Waals surface area contributed by atoms with E-state index in [1.165, 1.54) is 18.2 Å². The van der Waals surface area contributed by atoms with Crippen LogP contribution in [0, 0.1) is 0 Å². The Bertz CT molecular complexity index is 667. The molecule has 23 heavy (non-hydrogen) atoms. The number of rotatable bonds is 4. The molecule has 5 nitrogen and oxygen atoms in total. The fourth-order valence-electron chi connectivity index (χ4n) is 2.62. The molecular weight excluding hydrogens is 332 g/mol. The number of piperidine rings is 1. The third-order valence-corrected chi connectivity index (χ3v) is 5.08. The molecule has 0 aliphatic carbocycles. The van der Waals surface area contributed by atoms with Crippen LogP contribution in [0.1, 0.15) is 26.2 Å². The Kier molecular flexibility index (Phi) is 5.23. The van der Waals surface area contributed by atoms with Crippen LogP contribution < -0.4 is 0 Å². The molecule has 1 atom stereocenters. The molecule has 0 bridgehead atoms. The lowest BCUT2D eigenvalue weighted by molar-refractivity contribution is -0.131. The Hall–Kier alpha value is -1.53. The number of amides is 1. The van der Waals surface area contributed by atoms with Gasteiger partial charge in [-0.3, -0.25) is 9.89 Å². The van der Waals surface area contributed by atoms with Gasteiger partial charge in [0.1, 0.15) is 0 Å². The third kappa shape index (κ3) is 4.06. The molecule has 1 aromatic carbocycles. The number of nitrogens with zero attached hydrogens (tertiary/aromatic N) is 3. The molecule has 2 aromatic rings. The second kappa shape index (κ2) is 7.36. The minimum Gasteiger partial charge on any atom is -0.342 e. The predicted molar refractivity (Wildman–Crippen MR) is 92.6 cm³/mol. The summed E-state index contributed by atoms with van der Waals surface area (Å²) in [4.78, 5) is 18.9. The SMILES string of the molecule is C[C@@H](Sc1n[nH]c(-c2ccc(Cl)cc2)n1)C(=O)N1CCCCC1. The number of H-pyrrole nitrogens is 1. The van der Waals surface area contributed by atoms with Crippen molar-refractivity contribution < 1.29 is 4.79 Å². The third-order valence-electron chi connectivity index (χ3n) is 3.88. The van der Waals surface area contributed by atoms with Gasteiger partial charge in [-0.1, -0.05) is 23.4 Å². The highest BCUT2D eigenvalue weighted by molar-refractivity contribution is 8.00. The van der Waals surface area contributed by atoms with E-state index in [-0.39, 0.29) is 11.2 Å². The number of hydrogen-bond donors (Lipinski definition) is 1. The zero-order valence-electron chi connectivity index (χ0n) is 13.0. The maximum absolute atomic E-state index is 12.4. The van der Waals surface area contributed by atoms with Crippen LogP contribution in [0.5, 0.6) is 0 Å². The van der Waals surface area contributed by atoms with E-state index in [1.54, 1.807) is 0 Å². The van der Waals surface area contributed by atoms with Crippen molar-refractivity contribution in [1.82, 2.24) is 20.1 Å². The summed E-state index contributed by atoms with van der Waals surface area (Å²) in [5, 5.41) is 8.22. The number of thioether (sulfide) groups is 1. The molecule has 1 N–H and O–H groups in total. The minimum absolute atomic E-state index is 0.174. The lowest BCUT2D eigenvalue weighted by Crippen LogP contribution is -2.40. The molecule has 7 heteroatoms. The largest absolute Gasteiger partial charge is 0.342 e. The van der Waals surface area contributed by atoms with E-state index in [0.717, 1.165) is 31.5 Å². The maximum Gasteiger partial charge on any atom is 0.235 e. The van der Waals surface area contributed by atoms with Crippen molar-refractivity contribution in [2.45, 2.75) is 36.6 Å². The molecular formula is C16H19ClN4OS. The standard InChI is InChI=1S/C16H19ClN4OS/c1-11(15(22)21-9-3-2-4-10-21)23-16-18-14(19-20-16)12-5-7-13(17)8-6-12/h5-8,11H,2-4,9-10H2,1H3,(H,18,19,20)/t11-/m1/s1. The number of likely N-dealkylation sites (tertiary alicyclic amines) is 1. The quantitative estimate of drug-likeness (QED) is 0.855. The first-order chi connectivity index (χ1) is 11.1. The van der Waals surface area contributed by atoms with Gasteiger partial charge in [-0.2, -0.15) is 0 Å². The van der Waals surface area contributed by atoms with Gasteiger partial charge in [-0.25, -0.2) is 4.98 Å². The van der Waals surface area contributed by atoms with E-state index < -0.39 is 0 Å². The monoisotopic (exact) mass is 350 g/mol. The van der Waals surface area contributed by atoms with Crippen LogP contribution in [0.4, 0.5) is 0 Å². The van der Waals surface area contributed by atoms with Gasteiger partial charge in [0, 0.05) is 23.7 Å². The molecule has 1 aliphatic rings. The van der Waals surface area contributed by atoms with Crippen molar-refractivity contribution in [2.75, 3.05) is 13.1 Å². The van der Waals surface area contributed by atoms with Gasteiger partial charge < -0.3 is 4.90 Å². The van der Waals surface area contributed by atoms with Crippen LogP contribution in [-0.4, -0.2) is 44.3 Å². The second-order valence-corrected chi connectivity index (χ2v) is 7.36. The molecule has 1 fully saturated rings. The highest BCUT2D eigenvalue weighted by Gasteiger charge is 2.24. The number of benzene rings is 1. The van der Waals surface area contributed by atoms with Crippen LogP contribution in [0.3, 0.4) is 0 Å². The van der Waals surface area contributed by atoms with E-state index in [4.69, 9.17) is 11.6 Å². The maximum atomic E-state index is 12.4. The van der Waals surface area contributed by atoms with Gasteiger partial charge in [0.25, 0.3) is 0 Å². The number of nitrogens with one attached hydrogen (secondary N) is 1. The summed E-state index contributed by atoms with van der Waals surface area (Å²) >= 11 is 7.28.